The normalized spacial score (nSPS) is 28.2. The number of hydrogen-bond donors (Lipinski definition) is 2. The second-order valence-electron chi connectivity index (χ2n) is 5.90. The summed E-state index contributed by atoms with van der Waals surface area (Å²) in [6.07, 6.45) is 7.22. The number of nitrogens with zero attached hydrogens (tertiary/aromatic N) is 1. The van der Waals surface area contributed by atoms with Gasteiger partial charge in [0, 0.05) is 12.6 Å². The third-order valence-corrected chi connectivity index (χ3v) is 4.51. The van der Waals surface area contributed by atoms with Crippen molar-refractivity contribution in [1.82, 2.24) is 10.2 Å². The Morgan fingerprint density at radius 1 is 1.33 bits per heavy atom. The van der Waals surface area contributed by atoms with Gasteiger partial charge in [-0.1, -0.05) is 12.8 Å². The third kappa shape index (κ3) is 3.45. The Bertz CT molecular complexity index is 276. The molecule has 2 unspecified atom stereocenters. The molecule has 0 spiro atoms. The van der Waals surface area contributed by atoms with E-state index in [0.29, 0.717) is 12.0 Å². The van der Waals surface area contributed by atoms with E-state index in [9.17, 15) is 4.79 Å². The highest BCUT2D eigenvalue weighted by Gasteiger charge is 2.28. The van der Waals surface area contributed by atoms with E-state index < -0.39 is 0 Å². The Hall–Kier alpha value is -0.610. The van der Waals surface area contributed by atoms with Crippen LogP contribution >= 0.6 is 0 Å². The van der Waals surface area contributed by atoms with Crippen LogP contribution in [0.1, 0.15) is 45.4 Å². The number of likely N-dealkylation sites (tertiary alicyclic amines) is 1. The molecule has 1 aliphatic carbocycles. The summed E-state index contributed by atoms with van der Waals surface area (Å²) >= 11 is 0. The molecule has 0 aromatic heterocycles. The van der Waals surface area contributed by atoms with Crippen LogP contribution in [0.4, 0.5) is 0 Å². The van der Waals surface area contributed by atoms with E-state index in [1.54, 1.807) is 0 Å². The van der Waals surface area contributed by atoms with Gasteiger partial charge in [-0.05, 0) is 51.6 Å². The fourth-order valence-electron chi connectivity index (χ4n) is 3.20. The van der Waals surface area contributed by atoms with Crippen LogP contribution in [0.25, 0.3) is 0 Å². The van der Waals surface area contributed by atoms with Crippen molar-refractivity contribution >= 4 is 5.91 Å². The molecule has 1 heterocycles. The van der Waals surface area contributed by atoms with Crippen molar-refractivity contribution in [2.24, 2.45) is 11.7 Å². The molecule has 1 aliphatic heterocycles. The van der Waals surface area contributed by atoms with Crippen molar-refractivity contribution in [3.05, 3.63) is 0 Å². The quantitative estimate of drug-likeness (QED) is 0.789. The molecular weight excluding hydrogens is 226 g/mol. The number of carbonyl (C=O) groups is 1. The van der Waals surface area contributed by atoms with Crippen LogP contribution in [-0.4, -0.2) is 42.5 Å². The first-order valence-electron chi connectivity index (χ1n) is 7.45. The van der Waals surface area contributed by atoms with Crippen molar-refractivity contribution < 1.29 is 4.79 Å². The average molecular weight is 253 g/mol. The number of piperidine rings is 1. The Kier molecular flexibility index (Phi) is 5.01. The lowest BCUT2D eigenvalue weighted by Gasteiger charge is -2.36. The Labute approximate surface area is 110 Å². The van der Waals surface area contributed by atoms with E-state index in [1.807, 2.05) is 6.92 Å². The highest BCUT2D eigenvalue weighted by molar-refractivity contribution is 5.81. The zero-order valence-electron chi connectivity index (χ0n) is 11.5. The maximum absolute atomic E-state index is 12.2. The summed E-state index contributed by atoms with van der Waals surface area (Å²) in [5.41, 5.74) is 5.75. The van der Waals surface area contributed by atoms with Crippen molar-refractivity contribution in [3.8, 4) is 0 Å². The monoisotopic (exact) mass is 253 g/mol. The predicted molar refractivity (Wildman–Crippen MR) is 73.2 cm³/mol. The number of rotatable bonds is 4. The summed E-state index contributed by atoms with van der Waals surface area (Å²) < 4.78 is 0. The van der Waals surface area contributed by atoms with E-state index in [4.69, 9.17) is 5.73 Å². The topological polar surface area (TPSA) is 58.4 Å². The first-order valence-corrected chi connectivity index (χ1v) is 7.45. The Morgan fingerprint density at radius 2 is 2.06 bits per heavy atom. The molecule has 0 bridgehead atoms. The Balaban J connectivity index is 1.81. The molecule has 2 rings (SSSR count). The molecule has 4 nitrogen and oxygen atoms in total. The maximum Gasteiger partial charge on any atom is 0.237 e. The third-order valence-electron chi connectivity index (χ3n) is 4.51. The zero-order valence-corrected chi connectivity index (χ0v) is 11.5. The summed E-state index contributed by atoms with van der Waals surface area (Å²) in [6, 6.07) is 0.426. The minimum atomic E-state index is -0.0000463. The van der Waals surface area contributed by atoms with Gasteiger partial charge in [0.2, 0.25) is 5.91 Å². The van der Waals surface area contributed by atoms with Crippen LogP contribution in [0.2, 0.25) is 0 Å². The summed E-state index contributed by atoms with van der Waals surface area (Å²) in [6.45, 7) is 4.79. The molecule has 2 fully saturated rings. The molecular formula is C14H27N3O. The molecule has 0 aromatic carbocycles. The summed E-state index contributed by atoms with van der Waals surface area (Å²) in [7, 11) is 0. The maximum atomic E-state index is 12.2. The van der Waals surface area contributed by atoms with Gasteiger partial charge >= 0.3 is 0 Å². The molecule has 1 saturated heterocycles. The second kappa shape index (κ2) is 6.53. The molecule has 2 atom stereocenters. The lowest BCUT2D eigenvalue weighted by Crippen LogP contribution is -2.51. The smallest absolute Gasteiger partial charge is 0.237 e. The number of amides is 1. The summed E-state index contributed by atoms with van der Waals surface area (Å²) in [5, 5.41) is 3.20. The zero-order chi connectivity index (χ0) is 13.0. The van der Waals surface area contributed by atoms with Crippen molar-refractivity contribution in [2.45, 2.75) is 57.5 Å². The highest BCUT2D eigenvalue weighted by Crippen LogP contribution is 2.20. The average Bonchev–Trinajstić information content (AvgIpc) is 2.90. The van der Waals surface area contributed by atoms with Gasteiger partial charge in [0.15, 0.2) is 0 Å². The second-order valence-corrected chi connectivity index (χ2v) is 5.90. The van der Waals surface area contributed by atoms with Gasteiger partial charge in [-0.2, -0.15) is 0 Å². The highest BCUT2D eigenvalue weighted by atomic mass is 16.2. The van der Waals surface area contributed by atoms with Crippen molar-refractivity contribution in [1.29, 1.82) is 0 Å². The lowest BCUT2D eigenvalue weighted by atomic mass is 9.97. The lowest BCUT2D eigenvalue weighted by molar-refractivity contribution is -0.127. The fraction of sp³-hybridized carbons (Fsp3) is 0.929. The minimum Gasteiger partial charge on any atom is -0.352 e. The fourth-order valence-corrected chi connectivity index (χ4v) is 3.20. The molecule has 2 aliphatic rings. The van der Waals surface area contributed by atoms with E-state index in [1.165, 1.54) is 25.7 Å². The van der Waals surface area contributed by atoms with Gasteiger partial charge < -0.3 is 11.1 Å². The molecule has 1 amide bonds. The van der Waals surface area contributed by atoms with Gasteiger partial charge in [-0.25, -0.2) is 0 Å². The van der Waals surface area contributed by atoms with E-state index >= 15 is 0 Å². The largest absolute Gasteiger partial charge is 0.352 e. The Morgan fingerprint density at radius 3 is 2.72 bits per heavy atom. The van der Waals surface area contributed by atoms with Gasteiger partial charge in [0.05, 0.1) is 6.04 Å². The summed E-state index contributed by atoms with van der Waals surface area (Å²) in [4.78, 5) is 14.5. The van der Waals surface area contributed by atoms with Crippen molar-refractivity contribution in [3.63, 3.8) is 0 Å². The van der Waals surface area contributed by atoms with Gasteiger partial charge in [0.25, 0.3) is 0 Å². The molecule has 0 aromatic rings. The summed E-state index contributed by atoms with van der Waals surface area (Å²) in [5.74, 6) is 0.778. The van der Waals surface area contributed by atoms with Gasteiger partial charge in [0.1, 0.15) is 0 Å². The number of hydrogen-bond acceptors (Lipinski definition) is 3. The predicted octanol–water partition coefficient (Wildman–Crippen LogP) is 1.10. The van der Waals surface area contributed by atoms with Crippen LogP contribution in [-0.2, 0) is 4.79 Å². The molecule has 3 N–H and O–H groups in total. The molecule has 0 radical (unpaired) electrons. The van der Waals surface area contributed by atoms with Crippen LogP contribution < -0.4 is 11.1 Å². The SMILES string of the molecule is CC(C(=O)NC1CCCC1)N1CCCC(CN)C1. The molecule has 104 valence electrons. The van der Waals surface area contributed by atoms with E-state index in [0.717, 1.165) is 32.5 Å². The van der Waals surface area contributed by atoms with Crippen molar-refractivity contribution in [2.75, 3.05) is 19.6 Å². The van der Waals surface area contributed by atoms with Gasteiger partial charge in [-0.15, -0.1) is 0 Å². The minimum absolute atomic E-state index is 0.0000463. The van der Waals surface area contributed by atoms with Crippen LogP contribution in [0.3, 0.4) is 0 Å². The first-order chi connectivity index (χ1) is 8.70. The van der Waals surface area contributed by atoms with Gasteiger partial charge in [-0.3, -0.25) is 9.69 Å². The van der Waals surface area contributed by atoms with Crippen LogP contribution in [0.5, 0.6) is 0 Å². The van der Waals surface area contributed by atoms with Crippen LogP contribution in [0.15, 0.2) is 0 Å². The van der Waals surface area contributed by atoms with Crippen LogP contribution in [0, 0.1) is 5.92 Å². The first kappa shape index (κ1) is 13.8. The number of carbonyl (C=O) groups excluding carboxylic acids is 1. The molecule has 1 saturated carbocycles. The molecule has 18 heavy (non-hydrogen) atoms. The van der Waals surface area contributed by atoms with E-state index in [2.05, 4.69) is 10.2 Å². The molecule has 4 heteroatoms. The number of nitrogens with one attached hydrogen (secondary N) is 1. The number of nitrogens with two attached hydrogens (primary N) is 1. The standard InChI is InChI=1S/C14H27N3O/c1-11(14(18)16-13-6-2-3-7-13)17-8-4-5-12(9-15)10-17/h11-13H,2-10,15H2,1H3,(H,16,18). The van der Waals surface area contributed by atoms with E-state index in [-0.39, 0.29) is 11.9 Å².